The molecule has 0 saturated carbocycles. The number of carboxylic acids is 3. The Bertz CT molecular complexity index is 1160. The second-order valence-electron chi connectivity index (χ2n) is 11.9. The Labute approximate surface area is 246 Å². The van der Waals surface area contributed by atoms with E-state index in [4.69, 9.17) is 29.9 Å². The van der Waals surface area contributed by atoms with Crippen molar-refractivity contribution in [1.82, 2.24) is 15.2 Å². The molecule has 12 nitrogen and oxygen atoms in total. The van der Waals surface area contributed by atoms with Crippen LogP contribution in [0.3, 0.4) is 0 Å². The number of hydrogen-bond acceptors (Lipinski definition) is 9. The van der Waals surface area contributed by atoms with E-state index in [9.17, 15) is 14.4 Å². The monoisotopic (exact) mass is 589 g/mol. The van der Waals surface area contributed by atoms with Crippen molar-refractivity contribution in [2.24, 2.45) is 0 Å². The van der Waals surface area contributed by atoms with E-state index in [0.29, 0.717) is 6.04 Å². The molecule has 12 heteroatoms. The summed E-state index contributed by atoms with van der Waals surface area (Å²) in [6.45, 7) is 10.8. The molecule has 1 aliphatic heterocycles. The normalized spacial score (nSPS) is 16.2. The van der Waals surface area contributed by atoms with E-state index >= 15 is 0 Å². The average Bonchev–Trinajstić information content (AvgIpc) is 2.86. The molecule has 0 spiro atoms. The van der Waals surface area contributed by atoms with Gasteiger partial charge in [-0.1, -0.05) is 6.07 Å². The van der Waals surface area contributed by atoms with E-state index < -0.39 is 36.4 Å². The minimum atomic E-state index is -2.74. The lowest BCUT2D eigenvalue weighted by molar-refractivity contribution is -0.170. The predicted molar refractivity (Wildman–Crippen MR) is 154 cm³/mol. The molecule has 1 aromatic carbocycles. The van der Waals surface area contributed by atoms with Gasteiger partial charge in [-0.05, 0) is 70.4 Å². The maximum Gasteiger partial charge on any atom is 0.336 e. The average molecular weight is 590 g/mol. The zero-order valence-electron chi connectivity index (χ0n) is 25.1. The van der Waals surface area contributed by atoms with Crippen molar-refractivity contribution < 1.29 is 44.3 Å². The number of pyridine rings is 1. The van der Waals surface area contributed by atoms with Gasteiger partial charge in [0.05, 0.1) is 32.8 Å². The number of piperidine rings is 1. The van der Waals surface area contributed by atoms with Crippen molar-refractivity contribution in [2.45, 2.75) is 89.2 Å². The molecular formula is C30H43N3O9. The SMILES string of the molecule is COc1cc(CN(Cc2ccccn2)C2CC(C)(C)NC(C)(C)C2)cc(OC)c1.O=C(O)CC(O)(CC(=O)O)C(=O)O. The first-order valence-electron chi connectivity index (χ1n) is 13.5. The van der Waals surface area contributed by atoms with Crippen molar-refractivity contribution in [1.29, 1.82) is 0 Å². The van der Waals surface area contributed by atoms with E-state index in [-0.39, 0.29) is 11.1 Å². The molecular weight excluding hydrogens is 546 g/mol. The van der Waals surface area contributed by atoms with E-state index in [1.807, 2.05) is 18.3 Å². The molecule has 2 heterocycles. The Morgan fingerprint density at radius 2 is 1.45 bits per heavy atom. The zero-order valence-corrected chi connectivity index (χ0v) is 25.1. The van der Waals surface area contributed by atoms with Crippen LogP contribution in [0.2, 0.25) is 0 Å². The van der Waals surface area contributed by atoms with E-state index in [1.165, 1.54) is 5.56 Å². The van der Waals surface area contributed by atoms with Gasteiger partial charge in [0, 0.05) is 42.5 Å². The summed E-state index contributed by atoms with van der Waals surface area (Å²) in [6.07, 6.45) is 1.76. The number of benzene rings is 1. The topological polar surface area (TPSA) is 179 Å². The molecule has 232 valence electrons. The van der Waals surface area contributed by atoms with Gasteiger partial charge in [0.2, 0.25) is 0 Å². The predicted octanol–water partition coefficient (Wildman–Crippen LogP) is 3.16. The number of carboxylic acid groups (broad SMARTS) is 3. The van der Waals surface area contributed by atoms with Gasteiger partial charge in [0.25, 0.3) is 0 Å². The summed E-state index contributed by atoms with van der Waals surface area (Å²) in [6, 6.07) is 12.7. The van der Waals surface area contributed by atoms with E-state index in [0.717, 1.165) is 43.1 Å². The number of aliphatic carboxylic acids is 3. The van der Waals surface area contributed by atoms with Crippen LogP contribution in [0.5, 0.6) is 11.5 Å². The third-order valence-electron chi connectivity index (χ3n) is 6.86. The lowest BCUT2D eigenvalue weighted by Gasteiger charge is -2.49. The van der Waals surface area contributed by atoms with Crippen LogP contribution in [-0.2, 0) is 27.5 Å². The standard InChI is InChI=1S/C24H35N3O2.C6H8O7/c1-23(2)14-20(15-24(3,4)26-23)27(17-19-9-7-8-10-25-19)16-18-11-21(28-5)13-22(12-18)29-6;7-3(8)1-6(13,5(11)12)2-4(9)10/h7-13,20,26H,14-17H2,1-6H3;13H,1-2H2,(H,7,8)(H,9,10)(H,11,12). The summed E-state index contributed by atoms with van der Waals surface area (Å²) in [5.41, 5.74) is -0.290. The van der Waals surface area contributed by atoms with Crippen LogP contribution in [0, 0.1) is 0 Å². The van der Waals surface area contributed by atoms with Crippen LogP contribution < -0.4 is 14.8 Å². The molecule has 42 heavy (non-hydrogen) atoms. The quantitative estimate of drug-likeness (QED) is 0.245. The number of carbonyl (C=O) groups is 3. The summed E-state index contributed by atoms with van der Waals surface area (Å²) in [5.74, 6) is -3.37. The maximum atomic E-state index is 10.3. The molecule has 1 fully saturated rings. The number of methoxy groups -OCH3 is 2. The van der Waals surface area contributed by atoms with Gasteiger partial charge < -0.3 is 35.2 Å². The van der Waals surface area contributed by atoms with Crippen molar-refractivity contribution >= 4 is 17.9 Å². The van der Waals surface area contributed by atoms with Crippen molar-refractivity contribution in [2.75, 3.05) is 14.2 Å². The van der Waals surface area contributed by atoms with Crippen molar-refractivity contribution in [3.63, 3.8) is 0 Å². The van der Waals surface area contributed by atoms with Gasteiger partial charge in [0.15, 0.2) is 5.60 Å². The third kappa shape index (κ3) is 10.9. The highest BCUT2D eigenvalue weighted by Gasteiger charge is 2.41. The zero-order chi connectivity index (χ0) is 31.7. The number of ether oxygens (including phenoxy) is 2. The highest BCUT2D eigenvalue weighted by atomic mass is 16.5. The van der Waals surface area contributed by atoms with Crippen LogP contribution in [0.1, 0.15) is 64.6 Å². The van der Waals surface area contributed by atoms with Gasteiger partial charge in [-0.15, -0.1) is 0 Å². The molecule has 1 saturated heterocycles. The highest BCUT2D eigenvalue weighted by Crippen LogP contribution is 2.34. The highest BCUT2D eigenvalue weighted by molar-refractivity contribution is 5.88. The molecule has 0 unspecified atom stereocenters. The first-order chi connectivity index (χ1) is 19.5. The maximum absolute atomic E-state index is 10.3. The fraction of sp³-hybridized carbons (Fsp3) is 0.533. The second kappa shape index (κ2) is 14.4. The lowest BCUT2D eigenvalue weighted by atomic mass is 9.79. The fourth-order valence-electron chi connectivity index (χ4n) is 5.45. The smallest absolute Gasteiger partial charge is 0.336 e. The van der Waals surface area contributed by atoms with Gasteiger partial charge >= 0.3 is 17.9 Å². The Balaban J connectivity index is 0.000000401. The lowest BCUT2D eigenvalue weighted by Crippen LogP contribution is -2.62. The van der Waals surface area contributed by atoms with Gasteiger partial charge in [-0.2, -0.15) is 0 Å². The summed E-state index contributed by atoms with van der Waals surface area (Å²) in [4.78, 5) is 37.6. The number of nitrogens with one attached hydrogen (secondary N) is 1. The number of rotatable bonds is 12. The molecule has 0 atom stereocenters. The Kier molecular flexibility index (Phi) is 11.8. The molecule has 0 aliphatic carbocycles. The van der Waals surface area contributed by atoms with Crippen LogP contribution in [0.25, 0.3) is 0 Å². The van der Waals surface area contributed by atoms with E-state index in [2.05, 4.69) is 67.2 Å². The largest absolute Gasteiger partial charge is 0.497 e. The molecule has 1 aromatic heterocycles. The second-order valence-corrected chi connectivity index (χ2v) is 11.9. The summed E-state index contributed by atoms with van der Waals surface area (Å²) < 4.78 is 11.0. The Hall–Kier alpha value is -3.74. The van der Waals surface area contributed by atoms with Gasteiger partial charge in [0.1, 0.15) is 11.5 Å². The summed E-state index contributed by atoms with van der Waals surface area (Å²) in [5, 5.41) is 37.6. The fourth-order valence-corrected chi connectivity index (χ4v) is 5.45. The summed E-state index contributed by atoms with van der Waals surface area (Å²) in [7, 11) is 3.39. The van der Waals surface area contributed by atoms with Crippen LogP contribution in [-0.4, -0.2) is 85.2 Å². The minimum Gasteiger partial charge on any atom is -0.497 e. The molecule has 2 aromatic rings. The summed E-state index contributed by atoms with van der Waals surface area (Å²) >= 11 is 0. The van der Waals surface area contributed by atoms with Crippen LogP contribution >= 0.6 is 0 Å². The van der Waals surface area contributed by atoms with E-state index in [1.54, 1.807) is 14.2 Å². The molecule has 1 aliphatic rings. The van der Waals surface area contributed by atoms with Crippen LogP contribution in [0.15, 0.2) is 42.6 Å². The number of aromatic nitrogens is 1. The van der Waals surface area contributed by atoms with Gasteiger partial charge in [-0.25, -0.2) is 4.79 Å². The molecule has 0 amide bonds. The Morgan fingerprint density at radius 1 is 0.929 bits per heavy atom. The molecule has 3 rings (SSSR count). The van der Waals surface area contributed by atoms with Gasteiger partial charge in [-0.3, -0.25) is 19.5 Å². The first-order valence-corrected chi connectivity index (χ1v) is 13.5. The molecule has 0 bridgehead atoms. The number of aliphatic hydroxyl groups is 1. The van der Waals surface area contributed by atoms with Crippen molar-refractivity contribution in [3.8, 4) is 11.5 Å². The molecule has 5 N–H and O–H groups in total. The third-order valence-corrected chi connectivity index (χ3v) is 6.86. The van der Waals surface area contributed by atoms with Crippen LogP contribution in [0.4, 0.5) is 0 Å². The molecule has 0 radical (unpaired) electrons. The number of nitrogens with zero attached hydrogens (tertiary/aromatic N) is 2. The van der Waals surface area contributed by atoms with Crippen molar-refractivity contribution in [3.05, 3.63) is 53.9 Å². The minimum absolute atomic E-state index is 0.0842. The first kappa shape index (κ1) is 34.5. The number of hydrogen-bond donors (Lipinski definition) is 5. The Morgan fingerprint density at radius 3 is 1.86 bits per heavy atom.